The molecule has 3 nitrogen and oxygen atoms in total. The van der Waals surface area contributed by atoms with Crippen LogP contribution in [0.15, 0.2) is 30.3 Å². The molecule has 0 radical (unpaired) electrons. The molecule has 38 heavy (non-hydrogen) atoms. The maximum Gasteiger partial charge on any atom is 0.342 e. The summed E-state index contributed by atoms with van der Waals surface area (Å²) in [7, 11) is 0. The monoisotopic (exact) mass is 532 g/mol. The summed E-state index contributed by atoms with van der Waals surface area (Å²) in [6.07, 6.45) is 20.9. The van der Waals surface area contributed by atoms with Gasteiger partial charge in [0, 0.05) is 0 Å². The van der Waals surface area contributed by atoms with Crippen LogP contribution in [0.3, 0.4) is 0 Å². The van der Waals surface area contributed by atoms with Crippen LogP contribution < -0.4 is 0 Å². The Balaban J connectivity index is 0.000000942. The topological polar surface area (TPSA) is 46.5 Å². The first-order valence-corrected chi connectivity index (χ1v) is 15.8. The minimum Gasteiger partial charge on any atom is -0.301 e. The maximum absolute atomic E-state index is 10.5. The SMILES string of the molecule is CCCCCCCCCCCCCC(CC(CC)C(C)(C)C)C(C)(C)C.O=C(CCc1ccccc1)OO. The highest BCUT2D eigenvalue weighted by atomic mass is 17.1. The predicted molar refractivity (Wildman–Crippen MR) is 165 cm³/mol. The van der Waals surface area contributed by atoms with E-state index < -0.39 is 5.97 Å². The fraction of sp³-hybridized carbons (Fsp3) is 0.800. The van der Waals surface area contributed by atoms with Gasteiger partial charge in [-0.15, -0.1) is 0 Å². The van der Waals surface area contributed by atoms with Crippen LogP contribution in [-0.4, -0.2) is 11.2 Å². The summed E-state index contributed by atoms with van der Waals surface area (Å²) in [6, 6.07) is 9.56. The molecule has 0 aliphatic carbocycles. The van der Waals surface area contributed by atoms with Crippen molar-refractivity contribution >= 4 is 5.97 Å². The van der Waals surface area contributed by atoms with Gasteiger partial charge in [-0.25, -0.2) is 4.79 Å². The number of carbonyl (C=O) groups excluding carboxylic acids is 1. The van der Waals surface area contributed by atoms with E-state index in [0.717, 1.165) is 17.4 Å². The van der Waals surface area contributed by atoms with Gasteiger partial charge < -0.3 is 4.89 Å². The molecule has 0 saturated heterocycles. The number of benzene rings is 1. The molecular weight excluding hydrogens is 468 g/mol. The van der Waals surface area contributed by atoms with Gasteiger partial charge in [-0.3, -0.25) is 0 Å². The van der Waals surface area contributed by atoms with Gasteiger partial charge in [0.05, 0.1) is 6.42 Å². The Bertz CT molecular complexity index is 669. The molecule has 0 aliphatic heterocycles. The molecule has 0 fully saturated rings. The zero-order chi connectivity index (χ0) is 28.9. The number of hydrogen-bond acceptors (Lipinski definition) is 3. The lowest BCUT2D eigenvalue weighted by Crippen LogP contribution is -2.28. The second kappa shape index (κ2) is 21.5. The third kappa shape index (κ3) is 19.7. The number of aryl methyl sites for hydroxylation is 1. The Labute approximate surface area is 237 Å². The number of unbranched alkanes of at least 4 members (excludes halogenated alkanes) is 10. The Kier molecular flexibility index (Phi) is 20.7. The van der Waals surface area contributed by atoms with Gasteiger partial charge in [-0.05, 0) is 47.5 Å². The molecule has 0 aromatic heterocycles. The van der Waals surface area contributed by atoms with Crippen LogP contribution >= 0.6 is 0 Å². The van der Waals surface area contributed by atoms with E-state index in [1.54, 1.807) is 0 Å². The summed E-state index contributed by atoms with van der Waals surface area (Å²) in [5.74, 6) is 1.14. The highest BCUT2D eigenvalue weighted by Crippen LogP contribution is 2.41. The van der Waals surface area contributed by atoms with E-state index in [9.17, 15) is 4.79 Å². The summed E-state index contributed by atoms with van der Waals surface area (Å²) >= 11 is 0. The predicted octanol–water partition coefficient (Wildman–Crippen LogP) is 11.4. The van der Waals surface area contributed by atoms with E-state index >= 15 is 0 Å². The molecular formula is C35H64O3. The van der Waals surface area contributed by atoms with Gasteiger partial charge in [0.2, 0.25) is 0 Å². The van der Waals surface area contributed by atoms with Crippen molar-refractivity contribution < 1.29 is 14.9 Å². The second-order valence-corrected chi connectivity index (χ2v) is 13.5. The first-order chi connectivity index (χ1) is 18.0. The fourth-order valence-electron chi connectivity index (χ4n) is 5.37. The van der Waals surface area contributed by atoms with Crippen molar-refractivity contribution in [2.24, 2.45) is 22.7 Å². The molecule has 0 spiro atoms. The molecule has 1 aromatic rings. The maximum atomic E-state index is 10.5. The third-order valence-electron chi connectivity index (χ3n) is 8.23. The summed E-state index contributed by atoms with van der Waals surface area (Å²) < 4.78 is 0. The molecule has 0 amide bonds. The van der Waals surface area contributed by atoms with Gasteiger partial charge in [0.15, 0.2) is 0 Å². The molecule has 1 rings (SSSR count). The molecule has 222 valence electrons. The van der Waals surface area contributed by atoms with Crippen LogP contribution in [-0.2, 0) is 16.1 Å². The van der Waals surface area contributed by atoms with E-state index in [1.807, 2.05) is 30.3 Å². The van der Waals surface area contributed by atoms with Crippen LogP contribution in [0.4, 0.5) is 0 Å². The number of carbonyl (C=O) groups is 1. The molecule has 1 aromatic carbocycles. The Morgan fingerprint density at radius 3 is 1.63 bits per heavy atom. The van der Waals surface area contributed by atoms with E-state index in [1.165, 1.54) is 89.9 Å². The average Bonchev–Trinajstić information content (AvgIpc) is 2.87. The van der Waals surface area contributed by atoms with E-state index in [4.69, 9.17) is 5.26 Å². The largest absolute Gasteiger partial charge is 0.342 e. The van der Waals surface area contributed by atoms with Crippen LogP contribution in [0.5, 0.6) is 0 Å². The summed E-state index contributed by atoms with van der Waals surface area (Å²) in [5, 5.41) is 7.96. The smallest absolute Gasteiger partial charge is 0.301 e. The zero-order valence-electron chi connectivity index (χ0n) is 26.6. The van der Waals surface area contributed by atoms with Gasteiger partial charge in [-0.1, -0.05) is 163 Å². The van der Waals surface area contributed by atoms with Crippen LogP contribution in [0.25, 0.3) is 0 Å². The minimum atomic E-state index is -0.598. The van der Waals surface area contributed by atoms with Crippen molar-refractivity contribution in [1.82, 2.24) is 0 Å². The molecule has 0 heterocycles. The first kappa shape index (κ1) is 36.6. The highest BCUT2D eigenvalue weighted by Gasteiger charge is 2.31. The summed E-state index contributed by atoms with van der Waals surface area (Å²) in [5.41, 5.74) is 1.97. The first-order valence-electron chi connectivity index (χ1n) is 15.8. The fourth-order valence-corrected chi connectivity index (χ4v) is 5.37. The van der Waals surface area contributed by atoms with E-state index in [0.29, 0.717) is 17.3 Å². The van der Waals surface area contributed by atoms with Crippen molar-refractivity contribution in [1.29, 1.82) is 0 Å². The lowest BCUT2D eigenvalue weighted by molar-refractivity contribution is -0.234. The van der Waals surface area contributed by atoms with Crippen LogP contribution in [0.2, 0.25) is 0 Å². The molecule has 2 unspecified atom stereocenters. The lowest BCUT2D eigenvalue weighted by atomic mass is 9.67. The van der Waals surface area contributed by atoms with Crippen molar-refractivity contribution in [3.8, 4) is 0 Å². The zero-order valence-corrected chi connectivity index (χ0v) is 26.6. The molecule has 1 N–H and O–H groups in total. The molecule has 3 heteroatoms. The van der Waals surface area contributed by atoms with Gasteiger partial charge in [0.1, 0.15) is 0 Å². The summed E-state index contributed by atoms with van der Waals surface area (Å²) in [6.45, 7) is 19.4. The second-order valence-electron chi connectivity index (χ2n) is 13.5. The number of hydrogen-bond donors (Lipinski definition) is 1. The van der Waals surface area contributed by atoms with Gasteiger partial charge in [-0.2, -0.15) is 5.26 Å². The molecule has 0 bridgehead atoms. The van der Waals surface area contributed by atoms with Crippen LogP contribution in [0, 0.1) is 22.7 Å². The molecule has 2 atom stereocenters. The van der Waals surface area contributed by atoms with E-state index in [-0.39, 0.29) is 6.42 Å². The Morgan fingerprint density at radius 2 is 1.21 bits per heavy atom. The average molecular weight is 533 g/mol. The van der Waals surface area contributed by atoms with Gasteiger partial charge in [0.25, 0.3) is 0 Å². The third-order valence-corrected chi connectivity index (χ3v) is 8.23. The van der Waals surface area contributed by atoms with Crippen LogP contribution in [0.1, 0.15) is 157 Å². The lowest BCUT2D eigenvalue weighted by Gasteiger charge is -2.38. The number of rotatable bonds is 18. The minimum absolute atomic E-state index is 0.209. The highest BCUT2D eigenvalue weighted by molar-refractivity contribution is 5.68. The van der Waals surface area contributed by atoms with Crippen molar-refractivity contribution in [2.45, 2.75) is 158 Å². The van der Waals surface area contributed by atoms with Gasteiger partial charge >= 0.3 is 5.97 Å². The van der Waals surface area contributed by atoms with Crippen molar-refractivity contribution in [3.63, 3.8) is 0 Å². The Morgan fingerprint density at radius 1 is 0.737 bits per heavy atom. The quantitative estimate of drug-likeness (QED) is 0.116. The van der Waals surface area contributed by atoms with Crippen molar-refractivity contribution in [2.75, 3.05) is 0 Å². The molecule has 0 aliphatic rings. The van der Waals surface area contributed by atoms with E-state index in [2.05, 4.69) is 60.3 Å². The molecule has 0 saturated carbocycles. The Hall–Kier alpha value is -1.35. The van der Waals surface area contributed by atoms with Crippen molar-refractivity contribution in [3.05, 3.63) is 35.9 Å². The summed E-state index contributed by atoms with van der Waals surface area (Å²) in [4.78, 5) is 14.0. The normalized spacial score (nSPS) is 13.4. The standard InChI is InChI=1S/C26H54.C9H10O3/c1-9-11-12-13-14-15-16-17-18-19-20-21-24(26(6,7)8)22-23(10-2)25(3,4)5;10-9(12-11)7-6-8-4-2-1-3-5-8/h23-24H,9-22H2,1-8H3;1-5,11H,6-7H2.